The molecule has 0 N–H and O–H groups in total. The largest absolute Gasteiger partial charge is 0.312 e. The summed E-state index contributed by atoms with van der Waals surface area (Å²) in [6.07, 6.45) is 2.05. The minimum atomic E-state index is -3.37. The molecule has 2 heterocycles. The van der Waals surface area contributed by atoms with Gasteiger partial charge in [-0.3, -0.25) is 4.79 Å². The fourth-order valence-electron chi connectivity index (χ4n) is 4.05. The summed E-state index contributed by atoms with van der Waals surface area (Å²) < 4.78 is 28.0. The monoisotopic (exact) mass is 462 g/mol. The molecule has 0 bridgehead atoms. The van der Waals surface area contributed by atoms with Gasteiger partial charge in [-0.15, -0.1) is 0 Å². The van der Waals surface area contributed by atoms with Gasteiger partial charge in [-0.2, -0.15) is 0 Å². The number of anilines is 1. The first-order valence-corrected chi connectivity index (χ1v) is 12.0. The third-order valence-corrected chi connectivity index (χ3v) is 7.99. The van der Waals surface area contributed by atoms with Gasteiger partial charge in [-0.05, 0) is 48.6 Å². The first kappa shape index (κ1) is 19.6. The van der Waals surface area contributed by atoms with Crippen LogP contribution in [0, 0.1) is 5.92 Å². The average molecular weight is 463 g/mol. The number of piperidine rings is 1. The average Bonchev–Trinajstić information content (AvgIpc) is 3.13. The molecule has 28 heavy (non-hydrogen) atoms. The van der Waals surface area contributed by atoms with Crippen molar-refractivity contribution in [3.8, 4) is 0 Å². The summed E-state index contributed by atoms with van der Waals surface area (Å²) in [5, 5.41) is 0. The van der Waals surface area contributed by atoms with Crippen LogP contribution in [0.1, 0.15) is 24.0 Å². The minimum Gasteiger partial charge on any atom is -0.312 e. The molecule has 2 aromatic carbocycles. The fourth-order valence-corrected chi connectivity index (χ4v) is 5.88. The van der Waals surface area contributed by atoms with Crippen molar-refractivity contribution in [3.05, 3.63) is 64.1 Å². The lowest BCUT2D eigenvalue weighted by atomic mass is 9.96. The van der Waals surface area contributed by atoms with Crippen molar-refractivity contribution in [1.29, 1.82) is 0 Å². The van der Waals surface area contributed by atoms with Crippen LogP contribution in [0.3, 0.4) is 0 Å². The zero-order chi connectivity index (χ0) is 19.7. The summed E-state index contributed by atoms with van der Waals surface area (Å²) >= 11 is 3.36. The van der Waals surface area contributed by atoms with Crippen LogP contribution >= 0.6 is 15.9 Å². The molecule has 0 aliphatic carbocycles. The fraction of sp³-hybridized carbons (Fsp3) is 0.381. The minimum absolute atomic E-state index is 0.00159. The third kappa shape index (κ3) is 4.02. The summed E-state index contributed by atoms with van der Waals surface area (Å²) in [5.41, 5.74) is 3.00. The molecule has 0 unspecified atom stereocenters. The van der Waals surface area contributed by atoms with E-state index in [4.69, 9.17) is 0 Å². The van der Waals surface area contributed by atoms with E-state index in [2.05, 4.69) is 22.0 Å². The molecule has 0 aromatic heterocycles. The Balaban J connectivity index is 1.38. The number of nitrogens with zero attached hydrogens (tertiary/aromatic N) is 2. The van der Waals surface area contributed by atoms with Gasteiger partial charge >= 0.3 is 0 Å². The molecular formula is C21H23BrN2O3S. The molecule has 2 aliphatic heterocycles. The maximum absolute atomic E-state index is 13.0. The maximum atomic E-state index is 13.0. The van der Waals surface area contributed by atoms with Gasteiger partial charge in [0.15, 0.2) is 0 Å². The summed E-state index contributed by atoms with van der Waals surface area (Å²) in [6, 6.07) is 15.4. The Morgan fingerprint density at radius 3 is 2.39 bits per heavy atom. The van der Waals surface area contributed by atoms with E-state index in [0.717, 1.165) is 28.7 Å². The normalized spacial score (nSPS) is 18.2. The third-order valence-electron chi connectivity index (χ3n) is 5.61. The van der Waals surface area contributed by atoms with Crippen LogP contribution in [0.4, 0.5) is 5.69 Å². The second-order valence-electron chi connectivity index (χ2n) is 7.42. The Hall–Kier alpha value is -1.70. The van der Waals surface area contributed by atoms with Gasteiger partial charge in [-0.1, -0.05) is 46.3 Å². The summed E-state index contributed by atoms with van der Waals surface area (Å²) in [6.45, 7) is 1.54. The van der Waals surface area contributed by atoms with Crippen molar-refractivity contribution in [3.63, 3.8) is 0 Å². The SMILES string of the molecule is O=C(C1CCN(S(=O)(=O)Cc2ccc(Br)cc2)CC1)N1CCc2ccccc21. The van der Waals surface area contributed by atoms with Crippen LogP contribution < -0.4 is 4.90 Å². The lowest BCUT2D eigenvalue weighted by molar-refractivity contribution is -0.123. The molecule has 0 atom stereocenters. The molecular weight excluding hydrogens is 440 g/mol. The smallest absolute Gasteiger partial charge is 0.230 e. The number of rotatable bonds is 4. The number of carbonyl (C=O) groups excluding carboxylic acids is 1. The quantitative estimate of drug-likeness (QED) is 0.697. The van der Waals surface area contributed by atoms with Crippen molar-refractivity contribution in [2.24, 2.45) is 5.92 Å². The summed E-state index contributed by atoms with van der Waals surface area (Å²) in [7, 11) is -3.37. The topological polar surface area (TPSA) is 57.7 Å². The van der Waals surface area contributed by atoms with Crippen molar-refractivity contribution in [2.75, 3.05) is 24.5 Å². The number of carbonyl (C=O) groups is 1. The van der Waals surface area contributed by atoms with E-state index in [1.807, 2.05) is 47.4 Å². The van der Waals surface area contributed by atoms with Gasteiger partial charge < -0.3 is 4.90 Å². The molecule has 5 nitrogen and oxygen atoms in total. The first-order chi connectivity index (χ1) is 13.4. The Morgan fingerprint density at radius 1 is 1.00 bits per heavy atom. The summed E-state index contributed by atoms with van der Waals surface area (Å²) in [4.78, 5) is 14.9. The second-order valence-corrected chi connectivity index (χ2v) is 10.3. The molecule has 2 aliphatic rings. The zero-order valence-electron chi connectivity index (χ0n) is 15.6. The second kappa shape index (κ2) is 7.97. The van der Waals surface area contributed by atoms with Gasteiger partial charge in [-0.25, -0.2) is 12.7 Å². The van der Waals surface area contributed by atoms with Gasteiger partial charge in [0.1, 0.15) is 0 Å². The van der Waals surface area contributed by atoms with Crippen LogP contribution in [0.15, 0.2) is 53.0 Å². The van der Waals surface area contributed by atoms with Gasteiger partial charge in [0, 0.05) is 35.7 Å². The van der Waals surface area contributed by atoms with Crippen molar-refractivity contribution in [2.45, 2.75) is 25.0 Å². The zero-order valence-corrected chi connectivity index (χ0v) is 18.0. The maximum Gasteiger partial charge on any atom is 0.230 e. The standard InChI is InChI=1S/C21H23BrN2O3S/c22-19-7-5-16(6-8-19)15-28(26,27)23-12-9-18(10-13-23)21(25)24-14-11-17-3-1-2-4-20(17)24/h1-8,18H,9-15H2. The molecule has 1 saturated heterocycles. The number of sulfonamides is 1. The molecule has 1 amide bonds. The summed E-state index contributed by atoms with van der Waals surface area (Å²) in [5.74, 6) is 0.0264. The van der Waals surface area contributed by atoms with Gasteiger partial charge in [0.25, 0.3) is 0 Å². The molecule has 0 saturated carbocycles. The number of amides is 1. The number of hydrogen-bond acceptors (Lipinski definition) is 3. The van der Waals surface area contributed by atoms with Crippen LogP contribution in [-0.4, -0.2) is 38.3 Å². The van der Waals surface area contributed by atoms with Crippen molar-refractivity contribution < 1.29 is 13.2 Å². The highest BCUT2D eigenvalue weighted by molar-refractivity contribution is 9.10. The van der Waals surface area contributed by atoms with E-state index < -0.39 is 10.0 Å². The molecule has 0 radical (unpaired) electrons. The first-order valence-electron chi connectivity index (χ1n) is 9.55. The lowest BCUT2D eigenvalue weighted by Crippen LogP contribution is -2.44. The number of para-hydroxylation sites is 1. The highest BCUT2D eigenvalue weighted by atomic mass is 79.9. The van der Waals surface area contributed by atoms with Crippen LogP contribution in [-0.2, 0) is 27.0 Å². The molecule has 2 aromatic rings. The number of fused-ring (bicyclic) bond motifs is 1. The van der Waals surface area contributed by atoms with Crippen LogP contribution in [0.5, 0.6) is 0 Å². The highest BCUT2D eigenvalue weighted by Crippen LogP contribution is 2.31. The van der Waals surface area contributed by atoms with Crippen LogP contribution in [0.2, 0.25) is 0 Å². The molecule has 0 spiro atoms. The van der Waals surface area contributed by atoms with E-state index in [0.29, 0.717) is 25.9 Å². The molecule has 7 heteroatoms. The lowest BCUT2D eigenvalue weighted by Gasteiger charge is -2.32. The predicted molar refractivity (Wildman–Crippen MR) is 114 cm³/mol. The Bertz CT molecular complexity index is 967. The van der Waals surface area contributed by atoms with Crippen LogP contribution in [0.25, 0.3) is 0 Å². The van der Waals surface area contributed by atoms with Gasteiger partial charge in [0.05, 0.1) is 5.75 Å². The predicted octanol–water partition coefficient (Wildman–Crippen LogP) is 3.58. The Labute approximate surface area is 174 Å². The van der Waals surface area contributed by atoms with Crippen molar-refractivity contribution >= 4 is 37.5 Å². The van der Waals surface area contributed by atoms with E-state index >= 15 is 0 Å². The Kier molecular flexibility index (Phi) is 5.58. The van der Waals surface area contributed by atoms with Gasteiger partial charge in [0.2, 0.25) is 15.9 Å². The highest BCUT2D eigenvalue weighted by Gasteiger charge is 2.35. The van der Waals surface area contributed by atoms with E-state index in [1.165, 1.54) is 9.87 Å². The van der Waals surface area contributed by atoms with E-state index in [9.17, 15) is 13.2 Å². The van der Waals surface area contributed by atoms with E-state index in [-0.39, 0.29) is 17.6 Å². The van der Waals surface area contributed by atoms with E-state index in [1.54, 1.807) is 0 Å². The van der Waals surface area contributed by atoms with Crippen molar-refractivity contribution in [1.82, 2.24) is 4.31 Å². The molecule has 4 rings (SSSR count). The Morgan fingerprint density at radius 2 is 1.68 bits per heavy atom. The molecule has 1 fully saturated rings. The number of halogens is 1. The molecule has 148 valence electrons. The number of hydrogen-bond donors (Lipinski definition) is 0. The number of benzene rings is 2.